The summed E-state index contributed by atoms with van der Waals surface area (Å²) in [4.78, 5) is 20.9. The van der Waals surface area contributed by atoms with Gasteiger partial charge in [0, 0.05) is 48.3 Å². The van der Waals surface area contributed by atoms with Crippen LogP contribution in [0.25, 0.3) is 10.9 Å². The molecular formula is C29H27F2N7O2. The second kappa shape index (κ2) is 10.9. The Morgan fingerprint density at radius 3 is 2.33 bits per heavy atom. The van der Waals surface area contributed by atoms with E-state index in [1.54, 1.807) is 42.1 Å². The number of H-pyrrole nitrogens is 1. The lowest BCUT2D eigenvalue weighted by molar-refractivity contribution is 0.200. The maximum atomic E-state index is 13.5. The molecule has 0 saturated carbocycles. The van der Waals surface area contributed by atoms with Gasteiger partial charge in [0.1, 0.15) is 23.4 Å². The van der Waals surface area contributed by atoms with E-state index in [0.29, 0.717) is 55.4 Å². The number of hydrogen-bond acceptors (Lipinski definition) is 7. The summed E-state index contributed by atoms with van der Waals surface area (Å²) in [5.74, 6) is 0.585. The number of anilines is 1. The smallest absolute Gasteiger partial charge is 0.253 e. The van der Waals surface area contributed by atoms with Crippen LogP contribution in [0.5, 0.6) is 5.75 Å². The zero-order chi connectivity index (χ0) is 27.6. The van der Waals surface area contributed by atoms with E-state index < -0.39 is 6.04 Å². The summed E-state index contributed by atoms with van der Waals surface area (Å²) >= 11 is 0. The van der Waals surface area contributed by atoms with Gasteiger partial charge in [-0.25, -0.2) is 13.5 Å². The summed E-state index contributed by atoms with van der Waals surface area (Å²) in [6.45, 7) is 2.87. The predicted octanol–water partition coefficient (Wildman–Crippen LogP) is 3.76. The van der Waals surface area contributed by atoms with E-state index in [1.165, 1.54) is 24.3 Å². The van der Waals surface area contributed by atoms with Gasteiger partial charge >= 0.3 is 0 Å². The summed E-state index contributed by atoms with van der Waals surface area (Å²) in [5, 5.41) is 13.4. The second-order valence-corrected chi connectivity index (χ2v) is 9.73. The SMILES string of the molecule is COc1ccc2[nH]c(=O)c([C@@H](c3nnnn3Cc3ccc(F)cc3)N3CCN(c4ccc(F)cc4)CC3)cc2c1. The van der Waals surface area contributed by atoms with Gasteiger partial charge in [0.15, 0.2) is 5.82 Å². The number of halogens is 2. The van der Waals surface area contributed by atoms with Gasteiger partial charge in [-0.1, -0.05) is 12.1 Å². The Morgan fingerprint density at radius 2 is 1.62 bits per heavy atom. The Hall–Kier alpha value is -4.64. The first-order valence-electron chi connectivity index (χ1n) is 12.9. The number of rotatable bonds is 7. The number of aromatic amines is 1. The molecule has 5 aromatic rings. The highest BCUT2D eigenvalue weighted by molar-refractivity contribution is 5.80. The molecule has 0 bridgehead atoms. The van der Waals surface area contributed by atoms with Crippen molar-refractivity contribution < 1.29 is 13.5 Å². The summed E-state index contributed by atoms with van der Waals surface area (Å²) < 4.78 is 34.0. The van der Waals surface area contributed by atoms with Crippen LogP contribution < -0.4 is 15.2 Å². The Morgan fingerprint density at radius 1 is 0.925 bits per heavy atom. The number of methoxy groups -OCH3 is 1. The van der Waals surface area contributed by atoms with Gasteiger partial charge in [-0.3, -0.25) is 9.69 Å². The molecule has 1 aliphatic rings. The van der Waals surface area contributed by atoms with Crippen molar-refractivity contribution in [2.75, 3.05) is 38.2 Å². The number of fused-ring (bicyclic) bond motifs is 1. The molecule has 2 aromatic heterocycles. The maximum absolute atomic E-state index is 13.5. The molecule has 6 rings (SSSR count). The Kier molecular flexibility index (Phi) is 6.95. The van der Waals surface area contributed by atoms with Crippen molar-refractivity contribution in [3.05, 3.63) is 112 Å². The Balaban J connectivity index is 1.38. The topological polar surface area (TPSA) is 92.2 Å². The van der Waals surface area contributed by atoms with E-state index in [1.807, 2.05) is 18.2 Å². The highest BCUT2D eigenvalue weighted by atomic mass is 19.1. The zero-order valence-corrected chi connectivity index (χ0v) is 21.8. The minimum atomic E-state index is -0.551. The van der Waals surface area contributed by atoms with E-state index in [4.69, 9.17) is 4.74 Å². The first-order chi connectivity index (χ1) is 19.5. The summed E-state index contributed by atoms with van der Waals surface area (Å²) in [5.41, 5.74) is 2.73. The number of aromatic nitrogens is 5. The molecular weight excluding hydrogens is 516 g/mol. The van der Waals surface area contributed by atoms with Crippen molar-refractivity contribution in [3.8, 4) is 5.75 Å². The largest absolute Gasteiger partial charge is 0.497 e. The fraction of sp³-hybridized carbons (Fsp3) is 0.241. The average Bonchev–Trinajstić information content (AvgIpc) is 3.42. The predicted molar refractivity (Wildman–Crippen MR) is 146 cm³/mol. The average molecular weight is 544 g/mol. The molecule has 0 radical (unpaired) electrons. The number of pyridine rings is 1. The highest BCUT2D eigenvalue weighted by Crippen LogP contribution is 2.30. The molecule has 204 valence electrons. The molecule has 11 heteroatoms. The van der Waals surface area contributed by atoms with Crippen LogP contribution in [0.2, 0.25) is 0 Å². The molecule has 0 unspecified atom stereocenters. The fourth-order valence-corrected chi connectivity index (χ4v) is 5.20. The number of piperazine rings is 1. The van der Waals surface area contributed by atoms with E-state index in [9.17, 15) is 13.6 Å². The lowest BCUT2D eigenvalue weighted by Crippen LogP contribution is -2.49. The van der Waals surface area contributed by atoms with Crippen molar-refractivity contribution in [2.24, 2.45) is 0 Å². The number of nitrogens with one attached hydrogen (secondary N) is 1. The minimum absolute atomic E-state index is 0.236. The van der Waals surface area contributed by atoms with Crippen LogP contribution in [-0.4, -0.2) is 63.4 Å². The van der Waals surface area contributed by atoms with E-state index in [-0.39, 0.29) is 17.2 Å². The molecule has 0 aliphatic carbocycles. The molecule has 1 atom stereocenters. The van der Waals surface area contributed by atoms with E-state index in [0.717, 1.165) is 16.6 Å². The van der Waals surface area contributed by atoms with Gasteiger partial charge in [0.05, 0.1) is 13.7 Å². The third kappa shape index (κ3) is 5.15. The lowest BCUT2D eigenvalue weighted by Gasteiger charge is -2.39. The van der Waals surface area contributed by atoms with Crippen molar-refractivity contribution in [2.45, 2.75) is 12.6 Å². The van der Waals surface area contributed by atoms with Crippen LogP contribution in [-0.2, 0) is 6.54 Å². The molecule has 1 saturated heterocycles. The normalized spacial score (nSPS) is 14.9. The van der Waals surface area contributed by atoms with Crippen molar-refractivity contribution in [1.82, 2.24) is 30.1 Å². The highest BCUT2D eigenvalue weighted by Gasteiger charge is 2.33. The summed E-state index contributed by atoms with van der Waals surface area (Å²) in [6.07, 6.45) is 0. The molecule has 1 fully saturated rings. The van der Waals surface area contributed by atoms with Crippen molar-refractivity contribution in [1.29, 1.82) is 0 Å². The molecule has 1 N–H and O–H groups in total. The zero-order valence-electron chi connectivity index (χ0n) is 21.8. The lowest BCUT2D eigenvalue weighted by atomic mass is 10.0. The monoisotopic (exact) mass is 543 g/mol. The fourth-order valence-electron chi connectivity index (χ4n) is 5.20. The van der Waals surface area contributed by atoms with E-state index in [2.05, 4.69) is 30.3 Å². The third-order valence-corrected chi connectivity index (χ3v) is 7.30. The number of benzene rings is 3. The van der Waals surface area contributed by atoms with Gasteiger partial charge in [0.25, 0.3) is 5.56 Å². The van der Waals surface area contributed by atoms with E-state index >= 15 is 0 Å². The third-order valence-electron chi connectivity index (χ3n) is 7.30. The Labute approximate surface area is 228 Å². The number of ether oxygens (including phenoxy) is 1. The van der Waals surface area contributed by atoms with Crippen LogP contribution >= 0.6 is 0 Å². The van der Waals surface area contributed by atoms with Gasteiger partial charge < -0.3 is 14.6 Å². The van der Waals surface area contributed by atoms with Crippen LogP contribution in [0, 0.1) is 11.6 Å². The maximum Gasteiger partial charge on any atom is 0.253 e. The van der Waals surface area contributed by atoms with Gasteiger partial charge in [-0.05, 0) is 76.7 Å². The van der Waals surface area contributed by atoms with Crippen LogP contribution in [0.1, 0.15) is 23.0 Å². The summed E-state index contributed by atoms with van der Waals surface area (Å²) in [6, 6.07) is 19.4. The standard InChI is InChI=1S/C29H27F2N7O2/c1-40-24-10-11-26-20(16-24)17-25(29(39)32-26)27(28-33-34-35-38(28)18-19-2-4-21(30)5-3-19)37-14-12-36(13-15-37)23-8-6-22(31)7-9-23/h2-11,16-17,27H,12-15,18H2,1H3,(H,32,39)/t27-/m0/s1. The first-order valence-corrected chi connectivity index (χ1v) is 12.9. The number of nitrogens with zero attached hydrogens (tertiary/aromatic N) is 6. The van der Waals surface area contributed by atoms with Crippen molar-refractivity contribution >= 4 is 16.6 Å². The number of tetrazole rings is 1. The molecule has 1 aliphatic heterocycles. The molecule has 0 amide bonds. The first kappa shape index (κ1) is 25.6. The molecule has 9 nitrogen and oxygen atoms in total. The van der Waals surface area contributed by atoms with Gasteiger partial charge in [-0.2, -0.15) is 0 Å². The molecule has 40 heavy (non-hydrogen) atoms. The van der Waals surface area contributed by atoms with Crippen molar-refractivity contribution in [3.63, 3.8) is 0 Å². The van der Waals surface area contributed by atoms with Crippen LogP contribution in [0.3, 0.4) is 0 Å². The van der Waals surface area contributed by atoms with Crippen LogP contribution in [0.4, 0.5) is 14.5 Å². The van der Waals surface area contributed by atoms with Crippen LogP contribution in [0.15, 0.2) is 77.6 Å². The Bertz CT molecular complexity index is 1680. The quantitative estimate of drug-likeness (QED) is 0.334. The molecule has 3 heterocycles. The number of hydrogen-bond donors (Lipinski definition) is 1. The molecule has 0 spiro atoms. The second-order valence-electron chi connectivity index (χ2n) is 9.73. The summed E-state index contributed by atoms with van der Waals surface area (Å²) in [7, 11) is 1.60. The minimum Gasteiger partial charge on any atom is -0.497 e. The van der Waals surface area contributed by atoms with Gasteiger partial charge in [-0.15, -0.1) is 5.10 Å². The molecule has 3 aromatic carbocycles. The van der Waals surface area contributed by atoms with Gasteiger partial charge in [0.2, 0.25) is 0 Å².